The molecule has 0 aliphatic rings. The Kier molecular flexibility index (Phi) is 4.14. The van der Waals surface area contributed by atoms with E-state index >= 15 is 0 Å². The minimum absolute atomic E-state index is 0.457. The van der Waals surface area contributed by atoms with E-state index in [2.05, 4.69) is 52.5 Å². The SMILES string of the molecule is C=CC(C)c1cccc(C(C)C)c1CC. The van der Waals surface area contributed by atoms with E-state index in [0.717, 1.165) is 6.42 Å². The van der Waals surface area contributed by atoms with Crippen LogP contribution in [0.15, 0.2) is 30.9 Å². The Hall–Kier alpha value is -1.04. The highest BCUT2D eigenvalue weighted by molar-refractivity contribution is 5.40. The molecule has 0 aliphatic carbocycles. The lowest BCUT2D eigenvalue weighted by Gasteiger charge is -2.18. The maximum atomic E-state index is 3.89. The van der Waals surface area contributed by atoms with Crippen LogP contribution in [-0.4, -0.2) is 0 Å². The third kappa shape index (κ3) is 2.50. The van der Waals surface area contributed by atoms with E-state index in [1.807, 2.05) is 6.08 Å². The summed E-state index contributed by atoms with van der Waals surface area (Å²) in [7, 11) is 0. The Morgan fingerprint density at radius 1 is 1.20 bits per heavy atom. The van der Waals surface area contributed by atoms with Gasteiger partial charge in [0.2, 0.25) is 0 Å². The third-order valence-electron chi connectivity index (χ3n) is 3.07. The Balaban J connectivity index is 3.27. The minimum Gasteiger partial charge on any atom is -0.102 e. The van der Waals surface area contributed by atoms with Gasteiger partial charge < -0.3 is 0 Å². The lowest BCUT2D eigenvalue weighted by atomic mass is 9.87. The zero-order valence-electron chi connectivity index (χ0n) is 10.4. The summed E-state index contributed by atoms with van der Waals surface area (Å²) in [6.45, 7) is 12.9. The summed E-state index contributed by atoms with van der Waals surface area (Å²) < 4.78 is 0. The Labute approximate surface area is 94.0 Å². The summed E-state index contributed by atoms with van der Waals surface area (Å²) in [6, 6.07) is 6.66. The molecule has 0 N–H and O–H groups in total. The van der Waals surface area contributed by atoms with Gasteiger partial charge in [0.15, 0.2) is 0 Å². The summed E-state index contributed by atoms with van der Waals surface area (Å²) in [5, 5.41) is 0. The van der Waals surface area contributed by atoms with Crippen molar-refractivity contribution >= 4 is 0 Å². The third-order valence-corrected chi connectivity index (χ3v) is 3.07. The highest BCUT2D eigenvalue weighted by Gasteiger charge is 2.12. The molecule has 1 atom stereocenters. The van der Waals surface area contributed by atoms with Crippen molar-refractivity contribution in [3.8, 4) is 0 Å². The fraction of sp³-hybridized carbons (Fsp3) is 0.467. The molecule has 0 nitrogen and oxygen atoms in total. The van der Waals surface area contributed by atoms with Gasteiger partial charge in [-0.2, -0.15) is 0 Å². The first-order chi connectivity index (χ1) is 7.11. The Morgan fingerprint density at radius 3 is 2.27 bits per heavy atom. The average molecular weight is 202 g/mol. The van der Waals surface area contributed by atoms with Crippen molar-refractivity contribution in [3.05, 3.63) is 47.5 Å². The van der Waals surface area contributed by atoms with Gasteiger partial charge in [0.05, 0.1) is 0 Å². The van der Waals surface area contributed by atoms with Gasteiger partial charge >= 0.3 is 0 Å². The second-order valence-corrected chi connectivity index (χ2v) is 4.45. The first-order valence-corrected chi connectivity index (χ1v) is 5.86. The van der Waals surface area contributed by atoms with Crippen LogP contribution in [0.3, 0.4) is 0 Å². The zero-order chi connectivity index (χ0) is 11.4. The van der Waals surface area contributed by atoms with Gasteiger partial charge in [0.1, 0.15) is 0 Å². The van der Waals surface area contributed by atoms with Gasteiger partial charge in [-0.15, -0.1) is 6.58 Å². The molecule has 0 heteroatoms. The van der Waals surface area contributed by atoms with E-state index in [9.17, 15) is 0 Å². The van der Waals surface area contributed by atoms with E-state index in [0.29, 0.717) is 11.8 Å². The van der Waals surface area contributed by atoms with Gasteiger partial charge in [-0.05, 0) is 34.9 Å². The predicted molar refractivity (Wildman–Crippen MR) is 68.5 cm³/mol. The molecule has 0 heterocycles. The lowest BCUT2D eigenvalue weighted by Crippen LogP contribution is -2.02. The molecular weight excluding hydrogens is 180 g/mol. The van der Waals surface area contributed by atoms with Gasteiger partial charge in [-0.3, -0.25) is 0 Å². The molecule has 0 amide bonds. The molecule has 1 unspecified atom stereocenters. The molecule has 0 radical (unpaired) electrons. The van der Waals surface area contributed by atoms with E-state index in [1.54, 1.807) is 0 Å². The lowest BCUT2D eigenvalue weighted by molar-refractivity contribution is 0.824. The fourth-order valence-electron chi connectivity index (χ4n) is 2.13. The van der Waals surface area contributed by atoms with Crippen molar-refractivity contribution < 1.29 is 0 Å². The van der Waals surface area contributed by atoms with Crippen molar-refractivity contribution in [1.82, 2.24) is 0 Å². The van der Waals surface area contributed by atoms with Gasteiger partial charge in [-0.25, -0.2) is 0 Å². The minimum atomic E-state index is 0.457. The van der Waals surface area contributed by atoms with Gasteiger partial charge in [0, 0.05) is 0 Å². The van der Waals surface area contributed by atoms with Gasteiger partial charge in [-0.1, -0.05) is 52.0 Å². The highest BCUT2D eigenvalue weighted by Crippen LogP contribution is 2.28. The first kappa shape index (κ1) is 12.0. The maximum Gasteiger partial charge on any atom is -0.00103 e. The van der Waals surface area contributed by atoms with Crippen LogP contribution in [0.5, 0.6) is 0 Å². The Morgan fingerprint density at radius 2 is 1.80 bits per heavy atom. The number of benzene rings is 1. The normalized spacial score (nSPS) is 12.9. The van der Waals surface area contributed by atoms with Crippen molar-refractivity contribution in [2.45, 2.75) is 46.0 Å². The van der Waals surface area contributed by atoms with Crippen LogP contribution < -0.4 is 0 Å². The molecule has 1 aromatic carbocycles. The number of rotatable bonds is 4. The van der Waals surface area contributed by atoms with Crippen LogP contribution in [0.2, 0.25) is 0 Å². The summed E-state index contributed by atoms with van der Waals surface area (Å²) in [4.78, 5) is 0. The van der Waals surface area contributed by atoms with E-state index in [-0.39, 0.29) is 0 Å². The van der Waals surface area contributed by atoms with Crippen molar-refractivity contribution in [2.75, 3.05) is 0 Å². The van der Waals surface area contributed by atoms with E-state index < -0.39 is 0 Å². The van der Waals surface area contributed by atoms with Crippen LogP contribution in [-0.2, 0) is 6.42 Å². The molecular formula is C15H22. The smallest absolute Gasteiger partial charge is 0.00103 e. The number of hydrogen-bond donors (Lipinski definition) is 0. The predicted octanol–water partition coefficient (Wildman–Crippen LogP) is 4.66. The van der Waals surface area contributed by atoms with Crippen molar-refractivity contribution in [2.24, 2.45) is 0 Å². The fourth-order valence-corrected chi connectivity index (χ4v) is 2.13. The molecule has 15 heavy (non-hydrogen) atoms. The van der Waals surface area contributed by atoms with E-state index in [1.165, 1.54) is 16.7 Å². The molecule has 0 saturated heterocycles. The van der Waals surface area contributed by atoms with Crippen LogP contribution >= 0.6 is 0 Å². The monoisotopic (exact) mass is 202 g/mol. The Bertz CT molecular complexity index is 334. The van der Waals surface area contributed by atoms with Crippen molar-refractivity contribution in [1.29, 1.82) is 0 Å². The van der Waals surface area contributed by atoms with E-state index in [4.69, 9.17) is 0 Å². The summed E-state index contributed by atoms with van der Waals surface area (Å²) in [5.41, 5.74) is 4.45. The molecule has 1 rings (SSSR count). The average Bonchev–Trinajstić information content (AvgIpc) is 2.26. The quantitative estimate of drug-likeness (QED) is 0.623. The first-order valence-electron chi connectivity index (χ1n) is 5.86. The summed E-state index contributed by atoms with van der Waals surface area (Å²) >= 11 is 0. The molecule has 82 valence electrons. The van der Waals surface area contributed by atoms with Crippen LogP contribution in [0.4, 0.5) is 0 Å². The number of hydrogen-bond acceptors (Lipinski definition) is 0. The highest BCUT2D eigenvalue weighted by atomic mass is 14.2. The van der Waals surface area contributed by atoms with Crippen molar-refractivity contribution in [3.63, 3.8) is 0 Å². The standard InChI is InChI=1S/C15H22/c1-6-12(5)15-10-8-9-14(11(3)4)13(15)7-2/h6,8-12H,1,7H2,2-5H3. The summed E-state index contributed by atoms with van der Waals surface area (Å²) in [5.74, 6) is 1.07. The molecule has 0 fully saturated rings. The second-order valence-electron chi connectivity index (χ2n) is 4.45. The van der Waals surface area contributed by atoms with Crippen LogP contribution in [0.1, 0.15) is 56.2 Å². The van der Waals surface area contributed by atoms with Gasteiger partial charge in [0.25, 0.3) is 0 Å². The van der Waals surface area contributed by atoms with Crippen LogP contribution in [0, 0.1) is 0 Å². The molecule has 0 bridgehead atoms. The molecule has 0 spiro atoms. The molecule has 0 aromatic heterocycles. The largest absolute Gasteiger partial charge is 0.102 e. The molecule has 0 saturated carbocycles. The maximum absolute atomic E-state index is 3.89. The topological polar surface area (TPSA) is 0 Å². The number of allylic oxidation sites excluding steroid dienone is 1. The molecule has 0 aliphatic heterocycles. The second kappa shape index (κ2) is 5.16. The summed E-state index contributed by atoms with van der Waals surface area (Å²) in [6.07, 6.45) is 3.14. The zero-order valence-corrected chi connectivity index (χ0v) is 10.4. The van der Waals surface area contributed by atoms with Crippen LogP contribution in [0.25, 0.3) is 0 Å². The molecule has 1 aromatic rings.